The Kier molecular flexibility index (Phi) is 6.83. The Morgan fingerprint density at radius 3 is 2.56 bits per heavy atom. The molecule has 2 N–H and O–H groups in total. The predicted molar refractivity (Wildman–Crippen MR) is 125 cm³/mol. The van der Waals surface area contributed by atoms with E-state index >= 15 is 0 Å². The Balaban J connectivity index is 1.43. The quantitative estimate of drug-likeness (QED) is 0.555. The number of amides is 2. The number of aromatic nitrogens is 3. The van der Waals surface area contributed by atoms with Crippen molar-refractivity contribution in [2.75, 3.05) is 6.54 Å². The zero-order chi connectivity index (χ0) is 24.4. The SMILES string of the molecule is Cc1cnn([C@H](C(=O)N2C[C@H](O)C[C@H]2C(=O)NCc2ccc(-c3ocnc3C)cc2)C(C)C)c1. The monoisotopic (exact) mass is 465 g/mol. The standard InChI is InChI=1S/C25H31N5O4/c1-15(2)22(30-12-16(3)10-28-30)25(33)29-13-20(31)9-21(29)24(32)26-11-18-5-7-19(8-6-18)23-17(4)27-14-34-23/h5-8,10,12,14-15,20-22,31H,9,11,13H2,1-4H3,(H,26,32)/t20-,21+,22+/m1/s1. The summed E-state index contributed by atoms with van der Waals surface area (Å²) in [6.07, 6.45) is 4.43. The van der Waals surface area contributed by atoms with Gasteiger partial charge in [-0.05, 0) is 30.9 Å². The van der Waals surface area contributed by atoms with Crippen LogP contribution in [0.3, 0.4) is 0 Å². The summed E-state index contributed by atoms with van der Waals surface area (Å²) in [5, 5.41) is 17.5. The molecule has 1 fully saturated rings. The smallest absolute Gasteiger partial charge is 0.248 e. The predicted octanol–water partition coefficient (Wildman–Crippen LogP) is 2.63. The Morgan fingerprint density at radius 1 is 1.24 bits per heavy atom. The number of hydrogen-bond acceptors (Lipinski definition) is 6. The summed E-state index contributed by atoms with van der Waals surface area (Å²) in [7, 11) is 0. The second kappa shape index (κ2) is 9.80. The molecule has 0 radical (unpaired) electrons. The number of rotatable bonds is 7. The number of nitrogens with zero attached hydrogens (tertiary/aromatic N) is 4. The van der Waals surface area contributed by atoms with Crippen LogP contribution in [0.1, 0.15) is 43.1 Å². The summed E-state index contributed by atoms with van der Waals surface area (Å²) in [5.41, 5.74) is 3.60. The number of aliphatic hydroxyl groups is 1. The Morgan fingerprint density at radius 2 is 1.97 bits per heavy atom. The lowest BCUT2D eigenvalue weighted by atomic mass is 10.0. The van der Waals surface area contributed by atoms with Gasteiger partial charge in [-0.25, -0.2) is 4.98 Å². The van der Waals surface area contributed by atoms with E-state index in [9.17, 15) is 14.7 Å². The number of aryl methyl sites for hydroxylation is 2. The van der Waals surface area contributed by atoms with Crippen molar-refractivity contribution < 1.29 is 19.1 Å². The fourth-order valence-corrected chi connectivity index (χ4v) is 4.42. The molecule has 3 aromatic rings. The lowest BCUT2D eigenvalue weighted by molar-refractivity contribution is -0.142. The molecule has 0 saturated carbocycles. The minimum Gasteiger partial charge on any atom is -0.443 e. The number of β-amino-alcohol motifs (C(OH)–C–C–N with tert-alkyl or cyclic N) is 1. The molecule has 1 aliphatic heterocycles. The van der Waals surface area contributed by atoms with Crippen LogP contribution in [0, 0.1) is 19.8 Å². The molecule has 0 unspecified atom stereocenters. The van der Waals surface area contributed by atoms with Gasteiger partial charge >= 0.3 is 0 Å². The molecular weight excluding hydrogens is 434 g/mol. The van der Waals surface area contributed by atoms with Crippen LogP contribution >= 0.6 is 0 Å². The van der Waals surface area contributed by atoms with Gasteiger partial charge in [0.15, 0.2) is 12.2 Å². The molecule has 180 valence electrons. The van der Waals surface area contributed by atoms with Gasteiger partial charge in [-0.15, -0.1) is 0 Å². The first-order valence-electron chi connectivity index (χ1n) is 11.5. The average molecular weight is 466 g/mol. The highest BCUT2D eigenvalue weighted by Gasteiger charge is 2.42. The third kappa shape index (κ3) is 4.89. The van der Waals surface area contributed by atoms with Gasteiger partial charge < -0.3 is 19.7 Å². The number of oxazole rings is 1. The zero-order valence-electron chi connectivity index (χ0n) is 19.9. The van der Waals surface area contributed by atoms with E-state index in [1.807, 2.05) is 58.2 Å². The van der Waals surface area contributed by atoms with Crippen molar-refractivity contribution in [3.63, 3.8) is 0 Å². The van der Waals surface area contributed by atoms with Crippen LogP contribution in [-0.2, 0) is 16.1 Å². The van der Waals surface area contributed by atoms with Crippen molar-refractivity contribution in [3.05, 3.63) is 59.9 Å². The Hall–Kier alpha value is -3.46. The van der Waals surface area contributed by atoms with E-state index in [2.05, 4.69) is 15.4 Å². The summed E-state index contributed by atoms with van der Waals surface area (Å²) < 4.78 is 7.07. The van der Waals surface area contributed by atoms with Crippen molar-refractivity contribution in [3.8, 4) is 11.3 Å². The van der Waals surface area contributed by atoms with E-state index in [1.165, 1.54) is 11.3 Å². The summed E-state index contributed by atoms with van der Waals surface area (Å²) >= 11 is 0. The molecule has 34 heavy (non-hydrogen) atoms. The van der Waals surface area contributed by atoms with E-state index in [1.54, 1.807) is 10.9 Å². The number of aliphatic hydroxyl groups excluding tert-OH is 1. The van der Waals surface area contributed by atoms with Gasteiger partial charge in [0.2, 0.25) is 11.8 Å². The minimum absolute atomic E-state index is 0.0280. The van der Waals surface area contributed by atoms with Crippen molar-refractivity contribution in [2.45, 2.75) is 58.8 Å². The van der Waals surface area contributed by atoms with Gasteiger partial charge in [0, 0.05) is 31.3 Å². The van der Waals surface area contributed by atoms with Crippen LogP contribution in [0.25, 0.3) is 11.3 Å². The van der Waals surface area contributed by atoms with Crippen molar-refractivity contribution in [1.29, 1.82) is 0 Å². The van der Waals surface area contributed by atoms with E-state index in [0.29, 0.717) is 6.54 Å². The van der Waals surface area contributed by atoms with E-state index < -0.39 is 18.2 Å². The largest absolute Gasteiger partial charge is 0.443 e. The summed E-state index contributed by atoms with van der Waals surface area (Å²) in [5.74, 6) is 0.206. The Bertz CT molecular complexity index is 1150. The second-order valence-corrected chi connectivity index (χ2v) is 9.26. The maximum atomic E-state index is 13.5. The van der Waals surface area contributed by atoms with Crippen LogP contribution in [0.5, 0.6) is 0 Å². The molecular formula is C25H31N5O4. The van der Waals surface area contributed by atoms with Crippen molar-refractivity contribution in [1.82, 2.24) is 25.0 Å². The summed E-state index contributed by atoms with van der Waals surface area (Å²) in [6, 6.07) is 6.41. The number of likely N-dealkylation sites (tertiary alicyclic amines) is 1. The average Bonchev–Trinajstić information content (AvgIpc) is 3.52. The van der Waals surface area contributed by atoms with E-state index in [0.717, 1.165) is 28.1 Å². The van der Waals surface area contributed by atoms with Crippen LogP contribution in [0.2, 0.25) is 0 Å². The fourth-order valence-electron chi connectivity index (χ4n) is 4.42. The van der Waals surface area contributed by atoms with Crippen molar-refractivity contribution >= 4 is 11.8 Å². The fraction of sp³-hybridized carbons (Fsp3) is 0.440. The van der Waals surface area contributed by atoms with Gasteiger partial charge in [0.25, 0.3) is 0 Å². The first kappa shape index (κ1) is 23.7. The number of nitrogens with one attached hydrogen (secondary N) is 1. The normalized spacial score (nSPS) is 18.9. The molecule has 4 rings (SSSR count). The highest BCUT2D eigenvalue weighted by molar-refractivity contribution is 5.90. The second-order valence-electron chi connectivity index (χ2n) is 9.26. The molecule has 2 amide bonds. The van der Waals surface area contributed by atoms with Gasteiger partial charge in [-0.2, -0.15) is 5.10 Å². The number of carbonyl (C=O) groups is 2. The van der Waals surface area contributed by atoms with Gasteiger partial charge in [0.1, 0.15) is 12.1 Å². The number of carbonyl (C=O) groups excluding carboxylic acids is 2. The maximum absolute atomic E-state index is 13.5. The van der Waals surface area contributed by atoms with Crippen LogP contribution < -0.4 is 5.32 Å². The molecule has 9 nitrogen and oxygen atoms in total. The first-order chi connectivity index (χ1) is 16.2. The van der Waals surface area contributed by atoms with E-state index in [4.69, 9.17) is 4.42 Å². The molecule has 0 aliphatic carbocycles. The lowest BCUT2D eigenvalue weighted by Gasteiger charge is -2.30. The Labute approximate surface area is 198 Å². The van der Waals surface area contributed by atoms with Gasteiger partial charge in [0.05, 0.1) is 18.0 Å². The van der Waals surface area contributed by atoms with Crippen molar-refractivity contribution in [2.24, 2.45) is 5.92 Å². The van der Waals surface area contributed by atoms with Gasteiger partial charge in [-0.1, -0.05) is 38.1 Å². The van der Waals surface area contributed by atoms with Gasteiger partial charge in [-0.3, -0.25) is 14.3 Å². The highest BCUT2D eigenvalue weighted by atomic mass is 16.3. The van der Waals surface area contributed by atoms with E-state index in [-0.39, 0.29) is 30.7 Å². The maximum Gasteiger partial charge on any atom is 0.248 e. The van der Waals surface area contributed by atoms with Crippen LogP contribution in [0.15, 0.2) is 47.5 Å². The molecule has 3 atom stereocenters. The van der Waals surface area contributed by atoms with Crippen LogP contribution in [-0.4, -0.2) is 55.3 Å². The third-order valence-electron chi connectivity index (χ3n) is 6.19. The molecule has 9 heteroatoms. The number of benzene rings is 1. The summed E-state index contributed by atoms with van der Waals surface area (Å²) in [4.78, 5) is 32.1. The molecule has 3 heterocycles. The highest BCUT2D eigenvalue weighted by Crippen LogP contribution is 2.27. The molecule has 0 spiro atoms. The van der Waals surface area contributed by atoms with Crippen LogP contribution in [0.4, 0.5) is 0 Å². The minimum atomic E-state index is -0.740. The topological polar surface area (TPSA) is 113 Å². The zero-order valence-corrected chi connectivity index (χ0v) is 19.9. The number of hydrogen-bond donors (Lipinski definition) is 2. The molecule has 2 aromatic heterocycles. The first-order valence-corrected chi connectivity index (χ1v) is 11.5. The summed E-state index contributed by atoms with van der Waals surface area (Å²) in [6.45, 7) is 8.14. The third-order valence-corrected chi connectivity index (χ3v) is 6.19. The molecule has 0 bridgehead atoms. The molecule has 1 saturated heterocycles. The molecule has 1 aromatic carbocycles. The molecule has 1 aliphatic rings. The lowest BCUT2D eigenvalue weighted by Crippen LogP contribution is -2.49.